The van der Waals surface area contributed by atoms with Gasteiger partial charge in [0.05, 0.1) is 13.2 Å². The van der Waals surface area contributed by atoms with Gasteiger partial charge in [0.1, 0.15) is 11.6 Å². The van der Waals surface area contributed by atoms with Crippen LogP contribution in [0.3, 0.4) is 0 Å². The van der Waals surface area contributed by atoms with Crippen LogP contribution in [0.5, 0.6) is 5.75 Å². The lowest BCUT2D eigenvalue weighted by molar-refractivity contribution is 0.132. The number of likely N-dealkylation sites (N-methyl/N-ethyl adjacent to an activating group) is 1. The van der Waals surface area contributed by atoms with Crippen molar-refractivity contribution in [3.8, 4) is 5.75 Å². The van der Waals surface area contributed by atoms with E-state index in [9.17, 15) is 0 Å². The van der Waals surface area contributed by atoms with Gasteiger partial charge in [0, 0.05) is 49.1 Å². The maximum absolute atomic E-state index is 5.68. The van der Waals surface area contributed by atoms with Crippen LogP contribution in [0.1, 0.15) is 53.5 Å². The molecule has 3 heterocycles. The molecule has 5 nitrogen and oxygen atoms in total. The Labute approximate surface area is 162 Å². The van der Waals surface area contributed by atoms with Crippen LogP contribution in [0.2, 0.25) is 0 Å². The monoisotopic (exact) mass is 366 g/mol. The van der Waals surface area contributed by atoms with Crippen LogP contribution in [-0.4, -0.2) is 47.0 Å². The fraction of sp³-hybridized carbons (Fsp3) is 0.545. The molecule has 0 radical (unpaired) electrons. The molecule has 2 aromatic rings. The van der Waals surface area contributed by atoms with Crippen molar-refractivity contribution in [2.24, 2.45) is 0 Å². The molecule has 1 aromatic heterocycles. The van der Waals surface area contributed by atoms with E-state index in [0.717, 1.165) is 50.6 Å². The summed E-state index contributed by atoms with van der Waals surface area (Å²) in [6.07, 6.45) is 6.70. The highest BCUT2D eigenvalue weighted by atomic mass is 16.5. The fourth-order valence-corrected chi connectivity index (χ4v) is 4.45. The van der Waals surface area contributed by atoms with Crippen molar-refractivity contribution in [2.45, 2.75) is 51.7 Å². The average molecular weight is 367 g/mol. The largest absolute Gasteiger partial charge is 0.496 e. The van der Waals surface area contributed by atoms with Crippen molar-refractivity contribution in [3.63, 3.8) is 0 Å². The van der Waals surface area contributed by atoms with Gasteiger partial charge in [0.25, 0.3) is 0 Å². The van der Waals surface area contributed by atoms with Crippen molar-refractivity contribution in [1.82, 2.24) is 19.8 Å². The molecule has 0 bridgehead atoms. The zero-order chi connectivity index (χ0) is 18.8. The fourth-order valence-electron chi connectivity index (χ4n) is 4.45. The van der Waals surface area contributed by atoms with E-state index in [-0.39, 0.29) is 0 Å². The molecule has 27 heavy (non-hydrogen) atoms. The minimum atomic E-state index is 0.300. The second kappa shape index (κ2) is 7.95. The zero-order valence-electron chi connectivity index (χ0n) is 16.7. The Morgan fingerprint density at radius 1 is 1.22 bits per heavy atom. The van der Waals surface area contributed by atoms with Gasteiger partial charge in [-0.2, -0.15) is 0 Å². The van der Waals surface area contributed by atoms with Gasteiger partial charge in [-0.3, -0.25) is 4.90 Å². The Balaban J connectivity index is 1.59. The van der Waals surface area contributed by atoms with E-state index in [1.54, 1.807) is 7.11 Å². The van der Waals surface area contributed by atoms with Crippen molar-refractivity contribution >= 4 is 0 Å². The lowest BCUT2D eigenvalue weighted by Gasteiger charge is -2.35. The van der Waals surface area contributed by atoms with E-state index in [0.29, 0.717) is 6.04 Å². The van der Waals surface area contributed by atoms with Crippen molar-refractivity contribution in [1.29, 1.82) is 0 Å². The predicted octanol–water partition coefficient (Wildman–Crippen LogP) is 3.51. The van der Waals surface area contributed by atoms with Gasteiger partial charge in [-0.25, -0.2) is 9.97 Å². The van der Waals surface area contributed by atoms with Crippen LogP contribution >= 0.6 is 0 Å². The predicted molar refractivity (Wildman–Crippen MR) is 107 cm³/mol. The van der Waals surface area contributed by atoms with E-state index < -0.39 is 0 Å². The summed E-state index contributed by atoms with van der Waals surface area (Å²) in [4.78, 5) is 14.7. The first kappa shape index (κ1) is 18.4. The number of nitrogens with zero attached hydrogens (tertiary/aromatic N) is 4. The van der Waals surface area contributed by atoms with E-state index in [4.69, 9.17) is 14.7 Å². The summed E-state index contributed by atoms with van der Waals surface area (Å²) in [6, 6.07) is 6.72. The maximum Gasteiger partial charge on any atom is 0.145 e. The van der Waals surface area contributed by atoms with Gasteiger partial charge in [-0.15, -0.1) is 0 Å². The normalized spacial score (nSPS) is 21.1. The van der Waals surface area contributed by atoms with E-state index in [1.165, 1.54) is 35.2 Å². The molecular formula is C22H30N4O. The van der Waals surface area contributed by atoms with Gasteiger partial charge in [-0.1, -0.05) is 24.6 Å². The molecule has 1 aromatic carbocycles. The summed E-state index contributed by atoms with van der Waals surface area (Å²) in [5.41, 5.74) is 4.98. The summed E-state index contributed by atoms with van der Waals surface area (Å²) >= 11 is 0. The minimum absolute atomic E-state index is 0.300. The Kier molecular flexibility index (Phi) is 5.41. The summed E-state index contributed by atoms with van der Waals surface area (Å²) in [6.45, 7) is 6.13. The van der Waals surface area contributed by atoms with E-state index >= 15 is 0 Å². The standard InChI is InChI=1S/C22H30N4O/c1-16-7-6-8-17(21(16)27-3)15-26-11-5-4-9-20(26)22-23-13-18-14-25(2)12-10-19(18)24-22/h6-8,13,20H,4-5,9-12,14-15H2,1-3H3/t20-/m1/s1. The van der Waals surface area contributed by atoms with Gasteiger partial charge in [0.2, 0.25) is 0 Å². The second-order valence-corrected chi connectivity index (χ2v) is 7.94. The minimum Gasteiger partial charge on any atom is -0.496 e. The number of rotatable bonds is 4. The average Bonchev–Trinajstić information content (AvgIpc) is 2.68. The smallest absolute Gasteiger partial charge is 0.145 e. The number of aryl methyl sites for hydroxylation is 1. The number of hydrogen-bond acceptors (Lipinski definition) is 5. The molecule has 5 heteroatoms. The van der Waals surface area contributed by atoms with Crippen LogP contribution < -0.4 is 4.74 Å². The molecule has 1 saturated heterocycles. The topological polar surface area (TPSA) is 41.5 Å². The number of aromatic nitrogens is 2. The first-order valence-corrected chi connectivity index (χ1v) is 10.1. The van der Waals surface area contributed by atoms with Gasteiger partial charge in [0.15, 0.2) is 0 Å². The van der Waals surface area contributed by atoms with Crippen LogP contribution in [0, 0.1) is 6.92 Å². The third-order valence-corrected chi connectivity index (χ3v) is 5.93. The molecule has 144 valence electrons. The molecule has 1 atom stereocenters. The van der Waals surface area contributed by atoms with Crippen LogP contribution in [0.4, 0.5) is 0 Å². The SMILES string of the molecule is COc1c(C)cccc1CN1CCCC[C@@H]1c1ncc2c(n1)CCN(C)C2. The number of ether oxygens (including phenoxy) is 1. The number of hydrogen-bond donors (Lipinski definition) is 0. The molecule has 0 unspecified atom stereocenters. The lowest BCUT2D eigenvalue weighted by atomic mass is 9.99. The first-order chi connectivity index (χ1) is 13.2. The number of piperidine rings is 1. The Morgan fingerprint density at radius 3 is 2.96 bits per heavy atom. The Hall–Kier alpha value is -1.98. The summed E-state index contributed by atoms with van der Waals surface area (Å²) in [5.74, 6) is 2.01. The highest BCUT2D eigenvalue weighted by Gasteiger charge is 2.28. The van der Waals surface area contributed by atoms with Gasteiger partial charge < -0.3 is 9.64 Å². The van der Waals surface area contributed by atoms with Crippen LogP contribution in [0.15, 0.2) is 24.4 Å². The molecule has 4 rings (SSSR count). The third kappa shape index (κ3) is 3.85. The number of benzene rings is 1. The molecule has 0 amide bonds. The second-order valence-electron chi connectivity index (χ2n) is 7.94. The summed E-state index contributed by atoms with van der Waals surface area (Å²) in [7, 11) is 3.93. The lowest BCUT2D eigenvalue weighted by Crippen LogP contribution is -2.35. The first-order valence-electron chi connectivity index (χ1n) is 10.1. The van der Waals surface area contributed by atoms with Crippen LogP contribution in [0.25, 0.3) is 0 Å². The number of fused-ring (bicyclic) bond motifs is 1. The van der Waals surface area contributed by atoms with Crippen molar-refractivity contribution in [2.75, 3.05) is 27.2 Å². The van der Waals surface area contributed by atoms with E-state index in [2.05, 4.69) is 48.2 Å². The highest BCUT2D eigenvalue weighted by Crippen LogP contribution is 2.33. The Morgan fingerprint density at radius 2 is 2.11 bits per heavy atom. The van der Waals surface area contributed by atoms with Crippen molar-refractivity contribution < 1.29 is 4.74 Å². The highest BCUT2D eigenvalue weighted by molar-refractivity contribution is 5.40. The number of para-hydroxylation sites is 1. The third-order valence-electron chi connectivity index (χ3n) is 5.93. The molecule has 1 fully saturated rings. The molecule has 0 aliphatic carbocycles. The summed E-state index contributed by atoms with van der Waals surface area (Å²) < 4.78 is 5.68. The van der Waals surface area contributed by atoms with Crippen molar-refractivity contribution in [3.05, 3.63) is 52.6 Å². The zero-order valence-corrected chi connectivity index (χ0v) is 16.7. The molecule has 0 saturated carbocycles. The van der Waals surface area contributed by atoms with Crippen LogP contribution in [-0.2, 0) is 19.5 Å². The maximum atomic E-state index is 5.68. The van der Waals surface area contributed by atoms with E-state index in [1.807, 2.05) is 0 Å². The number of likely N-dealkylation sites (tertiary alicyclic amines) is 1. The Bertz CT molecular complexity index is 807. The van der Waals surface area contributed by atoms with Gasteiger partial charge >= 0.3 is 0 Å². The summed E-state index contributed by atoms with van der Waals surface area (Å²) in [5, 5.41) is 0. The number of methoxy groups -OCH3 is 1. The molecular weight excluding hydrogens is 336 g/mol. The molecule has 2 aliphatic heterocycles. The van der Waals surface area contributed by atoms with Gasteiger partial charge in [-0.05, 0) is 38.9 Å². The molecule has 0 spiro atoms. The molecule has 0 N–H and O–H groups in total. The molecule has 2 aliphatic rings. The quantitative estimate of drug-likeness (QED) is 0.828.